The zero-order valence-electron chi connectivity index (χ0n) is 12.1. The van der Waals surface area contributed by atoms with Crippen molar-refractivity contribution in [3.05, 3.63) is 68.5 Å². The Morgan fingerprint density at radius 2 is 1.86 bits per heavy atom. The molecule has 1 aromatic carbocycles. The van der Waals surface area contributed by atoms with Crippen LogP contribution in [0.1, 0.15) is 17.2 Å². The molecule has 0 radical (unpaired) electrons. The molecule has 2 rings (SSSR count). The van der Waals surface area contributed by atoms with Gasteiger partial charge in [-0.05, 0) is 5.56 Å². The molecule has 1 heterocycles. The van der Waals surface area contributed by atoms with Crippen LogP contribution in [0.4, 0.5) is 0 Å². The van der Waals surface area contributed by atoms with Gasteiger partial charge in [0.05, 0.1) is 6.10 Å². The smallest absolute Gasteiger partial charge is 0.330 e. The van der Waals surface area contributed by atoms with Crippen LogP contribution in [0.25, 0.3) is 0 Å². The van der Waals surface area contributed by atoms with Gasteiger partial charge >= 0.3 is 5.69 Å². The number of nitrogens with one attached hydrogen (secondary N) is 1. The van der Waals surface area contributed by atoms with Crippen LogP contribution in [-0.4, -0.2) is 20.8 Å². The van der Waals surface area contributed by atoms with Gasteiger partial charge in [0.15, 0.2) is 0 Å². The fourth-order valence-electron chi connectivity index (χ4n) is 2.14. The zero-order chi connectivity index (χ0) is 15.4. The van der Waals surface area contributed by atoms with Crippen LogP contribution < -0.4 is 16.6 Å². The van der Waals surface area contributed by atoms with Crippen LogP contribution in [-0.2, 0) is 20.6 Å². The van der Waals surface area contributed by atoms with Gasteiger partial charge in [-0.2, -0.15) is 0 Å². The number of nitrogens with zero attached hydrogens (tertiary/aromatic N) is 2. The van der Waals surface area contributed by atoms with Gasteiger partial charge in [-0.1, -0.05) is 30.3 Å². The quantitative estimate of drug-likeness (QED) is 0.806. The number of aryl methyl sites for hydroxylation is 1. The first-order chi connectivity index (χ1) is 10.0. The van der Waals surface area contributed by atoms with E-state index in [9.17, 15) is 14.7 Å². The lowest BCUT2D eigenvalue weighted by Crippen LogP contribution is -2.39. The van der Waals surface area contributed by atoms with Gasteiger partial charge < -0.3 is 15.0 Å². The van der Waals surface area contributed by atoms with Crippen LogP contribution in [0.5, 0.6) is 0 Å². The standard InChI is InChI=1S/C15H19N3O3/c1-17-10-12(14(20)18(2)15(17)21)8-16-9-13(19)11-6-4-3-5-7-11/h3-7,10,13,16,19H,8-9H2,1-2H3. The maximum Gasteiger partial charge on any atom is 0.330 e. The average Bonchev–Trinajstić information content (AvgIpc) is 2.51. The summed E-state index contributed by atoms with van der Waals surface area (Å²) in [5.74, 6) is 0. The molecule has 0 bridgehead atoms. The van der Waals surface area contributed by atoms with E-state index in [0.717, 1.165) is 10.1 Å². The molecule has 0 spiro atoms. The van der Waals surface area contributed by atoms with E-state index in [2.05, 4.69) is 5.32 Å². The predicted octanol–water partition coefficient (Wildman–Crippen LogP) is -0.0928. The Balaban J connectivity index is 2.02. The monoisotopic (exact) mass is 289 g/mol. The second-order valence-corrected chi connectivity index (χ2v) is 4.97. The number of benzene rings is 1. The van der Waals surface area contributed by atoms with Gasteiger partial charge in [-0.25, -0.2) is 4.79 Å². The van der Waals surface area contributed by atoms with E-state index >= 15 is 0 Å². The molecule has 112 valence electrons. The SMILES string of the molecule is Cn1cc(CNCC(O)c2ccccc2)c(=O)n(C)c1=O. The maximum atomic E-state index is 11.9. The zero-order valence-corrected chi connectivity index (χ0v) is 12.1. The highest BCUT2D eigenvalue weighted by molar-refractivity contribution is 5.17. The molecular formula is C15H19N3O3. The van der Waals surface area contributed by atoms with Crippen LogP contribution in [0.3, 0.4) is 0 Å². The van der Waals surface area contributed by atoms with Crippen molar-refractivity contribution in [2.45, 2.75) is 12.6 Å². The summed E-state index contributed by atoms with van der Waals surface area (Å²) in [5.41, 5.74) is 0.631. The molecule has 2 N–H and O–H groups in total. The van der Waals surface area contributed by atoms with Crippen molar-refractivity contribution in [2.24, 2.45) is 14.1 Å². The van der Waals surface area contributed by atoms with E-state index in [-0.39, 0.29) is 11.2 Å². The van der Waals surface area contributed by atoms with Crippen molar-refractivity contribution in [1.29, 1.82) is 0 Å². The Bertz CT molecular complexity index is 719. The van der Waals surface area contributed by atoms with E-state index in [1.807, 2.05) is 30.3 Å². The van der Waals surface area contributed by atoms with E-state index in [0.29, 0.717) is 18.7 Å². The second-order valence-electron chi connectivity index (χ2n) is 4.97. The number of aliphatic hydroxyl groups excluding tert-OH is 1. The summed E-state index contributed by atoms with van der Waals surface area (Å²) in [7, 11) is 3.05. The first kappa shape index (κ1) is 15.2. The van der Waals surface area contributed by atoms with Gasteiger partial charge in [0.2, 0.25) is 0 Å². The van der Waals surface area contributed by atoms with Crippen molar-refractivity contribution in [3.63, 3.8) is 0 Å². The minimum atomic E-state index is -0.636. The molecule has 1 unspecified atom stereocenters. The lowest BCUT2D eigenvalue weighted by molar-refractivity contribution is 0.174. The fraction of sp³-hybridized carbons (Fsp3) is 0.333. The lowest BCUT2D eigenvalue weighted by atomic mass is 10.1. The number of hydrogen-bond acceptors (Lipinski definition) is 4. The number of rotatable bonds is 5. The van der Waals surface area contributed by atoms with Crippen LogP contribution in [0.15, 0.2) is 46.1 Å². The predicted molar refractivity (Wildman–Crippen MR) is 80.0 cm³/mol. The molecule has 0 aliphatic rings. The summed E-state index contributed by atoms with van der Waals surface area (Å²) in [6.07, 6.45) is 0.884. The van der Waals surface area contributed by atoms with Crippen molar-refractivity contribution in [3.8, 4) is 0 Å². The molecule has 6 heteroatoms. The highest BCUT2D eigenvalue weighted by Gasteiger charge is 2.09. The summed E-state index contributed by atoms with van der Waals surface area (Å²) in [4.78, 5) is 23.5. The van der Waals surface area contributed by atoms with Crippen molar-refractivity contribution in [1.82, 2.24) is 14.5 Å². The van der Waals surface area contributed by atoms with Gasteiger partial charge in [-0.3, -0.25) is 9.36 Å². The van der Waals surface area contributed by atoms with Gasteiger partial charge in [0.25, 0.3) is 5.56 Å². The van der Waals surface area contributed by atoms with Gasteiger partial charge in [0, 0.05) is 38.9 Å². The molecule has 0 aliphatic carbocycles. The molecule has 0 amide bonds. The van der Waals surface area contributed by atoms with Crippen molar-refractivity contribution < 1.29 is 5.11 Å². The molecule has 0 saturated carbocycles. The molecule has 0 saturated heterocycles. The summed E-state index contributed by atoms with van der Waals surface area (Å²) >= 11 is 0. The maximum absolute atomic E-state index is 11.9. The van der Waals surface area contributed by atoms with E-state index in [1.165, 1.54) is 17.8 Å². The summed E-state index contributed by atoms with van der Waals surface area (Å²) in [6.45, 7) is 0.626. The summed E-state index contributed by atoms with van der Waals surface area (Å²) < 4.78 is 2.44. The second kappa shape index (κ2) is 6.51. The van der Waals surface area contributed by atoms with Crippen LogP contribution in [0, 0.1) is 0 Å². The largest absolute Gasteiger partial charge is 0.387 e. The Labute approximate surface area is 122 Å². The molecule has 1 aromatic heterocycles. The first-order valence-electron chi connectivity index (χ1n) is 6.70. The molecule has 1 atom stereocenters. The number of aromatic nitrogens is 2. The normalized spacial score (nSPS) is 12.3. The van der Waals surface area contributed by atoms with E-state index < -0.39 is 6.10 Å². The van der Waals surface area contributed by atoms with Crippen LogP contribution in [0.2, 0.25) is 0 Å². The molecule has 21 heavy (non-hydrogen) atoms. The van der Waals surface area contributed by atoms with Crippen molar-refractivity contribution >= 4 is 0 Å². The Morgan fingerprint density at radius 1 is 1.19 bits per heavy atom. The first-order valence-corrected chi connectivity index (χ1v) is 6.70. The van der Waals surface area contributed by atoms with E-state index in [1.54, 1.807) is 7.05 Å². The van der Waals surface area contributed by atoms with Crippen molar-refractivity contribution in [2.75, 3.05) is 6.54 Å². The molecule has 0 aliphatic heterocycles. The summed E-state index contributed by atoms with van der Waals surface area (Å²) in [5, 5.41) is 13.1. The summed E-state index contributed by atoms with van der Waals surface area (Å²) in [6, 6.07) is 9.30. The minimum Gasteiger partial charge on any atom is -0.387 e. The third kappa shape index (κ3) is 3.48. The van der Waals surface area contributed by atoms with Gasteiger partial charge in [0.1, 0.15) is 0 Å². The third-order valence-electron chi connectivity index (χ3n) is 3.35. The lowest BCUT2D eigenvalue weighted by Gasteiger charge is -2.12. The minimum absolute atomic E-state index is 0.296. The number of hydrogen-bond donors (Lipinski definition) is 2. The molecule has 0 fully saturated rings. The Morgan fingerprint density at radius 3 is 2.52 bits per heavy atom. The average molecular weight is 289 g/mol. The topological polar surface area (TPSA) is 76.3 Å². The molecular weight excluding hydrogens is 270 g/mol. The molecule has 6 nitrogen and oxygen atoms in total. The number of aliphatic hydroxyl groups is 1. The molecule has 2 aromatic rings. The van der Waals surface area contributed by atoms with Gasteiger partial charge in [-0.15, -0.1) is 0 Å². The Hall–Kier alpha value is -2.18. The highest BCUT2D eigenvalue weighted by atomic mass is 16.3. The fourth-order valence-corrected chi connectivity index (χ4v) is 2.14. The highest BCUT2D eigenvalue weighted by Crippen LogP contribution is 2.10. The van der Waals surface area contributed by atoms with E-state index in [4.69, 9.17) is 0 Å². The Kier molecular flexibility index (Phi) is 4.72. The van der Waals surface area contributed by atoms with Crippen LogP contribution >= 0.6 is 0 Å². The third-order valence-corrected chi connectivity index (χ3v) is 3.35.